The minimum absolute atomic E-state index is 0.00481. The third kappa shape index (κ3) is 10.4. The number of benzene rings is 4. The van der Waals surface area contributed by atoms with Crippen molar-refractivity contribution in [3.05, 3.63) is 119 Å². The first-order chi connectivity index (χ1) is 24.8. The van der Waals surface area contributed by atoms with Crippen molar-refractivity contribution in [3.8, 4) is 22.3 Å². The Morgan fingerprint density at radius 3 is 1.25 bits per heavy atom. The van der Waals surface area contributed by atoms with Gasteiger partial charge < -0.3 is 35.1 Å². The maximum absolute atomic E-state index is 11.9. The number of aliphatic hydroxyl groups is 1. The van der Waals surface area contributed by atoms with E-state index in [2.05, 4.69) is 47.0 Å². The third-order valence-electron chi connectivity index (χ3n) is 8.14. The van der Waals surface area contributed by atoms with Gasteiger partial charge in [-0.25, -0.2) is 9.59 Å². The molecule has 0 atom stereocenters. The van der Waals surface area contributed by atoms with E-state index in [0.717, 1.165) is 46.2 Å². The van der Waals surface area contributed by atoms with E-state index in [1.165, 1.54) is 11.1 Å². The van der Waals surface area contributed by atoms with Crippen molar-refractivity contribution in [1.29, 1.82) is 0 Å². The van der Waals surface area contributed by atoms with Crippen molar-refractivity contribution in [2.45, 2.75) is 38.5 Å². The average Bonchev–Trinajstić information content (AvgIpc) is 3.66. The van der Waals surface area contributed by atoms with Crippen molar-refractivity contribution in [3.63, 3.8) is 0 Å². The molecule has 4 N–H and O–H groups in total. The molecule has 2 aliphatic carbocycles. The lowest BCUT2D eigenvalue weighted by Crippen LogP contribution is -2.32. The van der Waals surface area contributed by atoms with Gasteiger partial charge in [-0.2, -0.15) is 0 Å². The van der Waals surface area contributed by atoms with Gasteiger partial charge in [-0.1, -0.05) is 111 Å². The van der Waals surface area contributed by atoms with Crippen LogP contribution in [0.15, 0.2) is 97.1 Å². The van der Waals surface area contributed by atoms with E-state index in [4.69, 9.17) is 24.4 Å². The SMILES string of the molecule is CCCO.CCCOC(=O)CNC(=O)OCC1c2ccccc2-c2ccccc21.O=C(O)CNC(=O)OCC1c2ccccc2-c2ccccc21. The minimum atomic E-state index is -1.10. The first-order valence-electron chi connectivity index (χ1n) is 16.9. The monoisotopic (exact) mass is 696 g/mol. The number of carboxylic acid groups (broad SMARTS) is 1. The number of ether oxygens (including phenoxy) is 3. The number of carboxylic acids is 1. The molecule has 2 aliphatic rings. The molecule has 2 amide bonds. The number of carbonyl (C=O) groups excluding carboxylic acids is 3. The van der Waals surface area contributed by atoms with E-state index in [1.54, 1.807) is 0 Å². The van der Waals surface area contributed by atoms with Crippen LogP contribution in [0.25, 0.3) is 22.3 Å². The van der Waals surface area contributed by atoms with Crippen LogP contribution in [-0.2, 0) is 23.8 Å². The summed E-state index contributed by atoms with van der Waals surface area (Å²) < 4.78 is 15.4. The summed E-state index contributed by atoms with van der Waals surface area (Å²) in [5.41, 5.74) is 9.20. The Morgan fingerprint density at radius 2 is 0.922 bits per heavy atom. The van der Waals surface area contributed by atoms with Crippen molar-refractivity contribution in [1.82, 2.24) is 10.6 Å². The molecule has 51 heavy (non-hydrogen) atoms. The Labute approximate surface area is 297 Å². The number of fused-ring (bicyclic) bond motifs is 6. The highest BCUT2D eigenvalue weighted by Gasteiger charge is 2.30. The zero-order chi connectivity index (χ0) is 36.6. The lowest BCUT2D eigenvalue weighted by Gasteiger charge is -2.14. The molecule has 0 aromatic heterocycles. The third-order valence-corrected chi connectivity index (χ3v) is 8.14. The van der Waals surface area contributed by atoms with Crippen molar-refractivity contribution >= 4 is 24.1 Å². The van der Waals surface area contributed by atoms with Crippen molar-refractivity contribution in [2.75, 3.05) is 39.5 Å². The van der Waals surface area contributed by atoms with Gasteiger partial charge in [-0.05, 0) is 57.3 Å². The topological polar surface area (TPSA) is 160 Å². The number of amides is 2. The molecule has 0 fully saturated rings. The second kappa shape index (κ2) is 19.5. The molecule has 0 aliphatic heterocycles. The standard InChI is InChI=1S/C20H21NO4.C17H15NO4.C3H8O/c1-2-11-24-19(22)12-21-20(23)25-13-18-16-9-5-3-7-14(16)15-8-4-6-10-17(15)18;19-16(20)9-18-17(21)22-10-15-13-7-3-1-5-11(13)12-6-2-4-8-14(12)15;1-2-3-4/h3-10,18H,2,11-13H2,1H3,(H,21,23);1-8,15H,9-10H2,(H,18,21)(H,19,20);4H,2-3H2,1H3. The molecule has 268 valence electrons. The van der Waals surface area contributed by atoms with E-state index in [1.807, 2.05) is 74.5 Å². The zero-order valence-electron chi connectivity index (χ0n) is 28.8. The van der Waals surface area contributed by atoms with Crippen molar-refractivity contribution in [2.24, 2.45) is 0 Å². The first kappa shape index (κ1) is 38.1. The predicted octanol–water partition coefficient (Wildman–Crippen LogP) is 6.48. The molecule has 11 heteroatoms. The second-order valence-electron chi connectivity index (χ2n) is 11.7. The zero-order valence-corrected chi connectivity index (χ0v) is 28.8. The summed E-state index contributed by atoms with van der Waals surface area (Å²) in [6.45, 7) is 4.29. The molecule has 0 radical (unpaired) electrons. The summed E-state index contributed by atoms with van der Waals surface area (Å²) in [6.07, 6.45) is 0.288. The fraction of sp³-hybridized carbons (Fsp3) is 0.300. The largest absolute Gasteiger partial charge is 0.480 e. The molecule has 0 spiro atoms. The Hall–Kier alpha value is -5.68. The van der Waals surface area contributed by atoms with Crippen LogP contribution in [-0.4, -0.2) is 73.9 Å². The molecule has 0 heterocycles. The Balaban J connectivity index is 0.000000208. The van der Waals surface area contributed by atoms with Crippen LogP contribution >= 0.6 is 0 Å². The van der Waals surface area contributed by atoms with Gasteiger partial charge in [-0.3, -0.25) is 9.59 Å². The van der Waals surface area contributed by atoms with Gasteiger partial charge in [0.1, 0.15) is 26.3 Å². The summed E-state index contributed by atoms with van der Waals surface area (Å²) in [7, 11) is 0. The van der Waals surface area contributed by atoms with Gasteiger partial charge in [0.15, 0.2) is 0 Å². The smallest absolute Gasteiger partial charge is 0.407 e. The van der Waals surface area contributed by atoms with E-state index < -0.39 is 30.7 Å². The predicted molar refractivity (Wildman–Crippen MR) is 192 cm³/mol. The van der Waals surface area contributed by atoms with Gasteiger partial charge in [0.05, 0.1) is 6.61 Å². The van der Waals surface area contributed by atoms with Gasteiger partial charge >= 0.3 is 24.1 Å². The fourth-order valence-electron chi connectivity index (χ4n) is 5.86. The molecule has 0 unspecified atom stereocenters. The van der Waals surface area contributed by atoms with E-state index in [-0.39, 0.29) is 31.6 Å². The van der Waals surface area contributed by atoms with Gasteiger partial charge in [0, 0.05) is 18.4 Å². The molecule has 4 aromatic rings. The number of hydrogen-bond donors (Lipinski definition) is 4. The lowest BCUT2D eigenvalue weighted by molar-refractivity contribution is -0.142. The number of alkyl carbamates (subject to hydrolysis) is 2. The van der Waals surface area contributed by atoms with E-state index in [9.17, 15) is 19.2 Å². The molecule has 0 saturated heterocycles. The molecule has 0 saturated carbocycles. The average molecular weight is 697 g/mol. The highest BCUT2D eigenvalue weighted by Crippen LogP contribution is 2.45. The minimum Gasteiger partial charge on any atom is -0.480 e. The Morgan fingerprint density at radius 1 is 0.569 bits per heavy atom. The summed E-state index contributed by atoms with van der Waals surface area (Å²) in [5.74, 6) is -1.59. The van der Waals surface area contributed by atoms with Gasteiger partial charge in [0.2, 0.25) is 0 Å². The van der Waals surface area contributed by atoms with Crippen LogP contribution in [0.1, 0.15) is 60.8 Å². The first-order valence-corrected chi connectivity index (χ1v) is 16.9. The van der Waals surface area contributed by atoms with Crippen LogP contribution in [0.5, 0.6) is 0 Å². The maximum atomic E-state index is 11.9. The van der Waals surface area contributed by atoms with Gasteiger partial charge in [0.25, 0.3) is 0 Å². The molecule has 4 aromatic carbocycles. The highest BCUT2D eigenvalue weighted by molar-refractivity contribution is 5.81. The van der Waals surface area contributed by atoms with Crippen LogP contribution in [0.4, 0.5) is 9.59 Å². The van der Waals surface area contributed by atoms with E-state index >= 15 is 0 Å². The number of esters is 1. The maximum Gasteiger partial charge on any atom is 0.407 e. The normalized spacial score (nSPS) is 11.9. The quantitative estimate of drug-likeness (QED) is 0.102. The number of aliphatic hydroxyl groups excluding tert-OH is 1. The molecular weight excluding hydrogens is 652 g/mol. The number of aliphatic carboxylic acids is 1. The molecule has 0 bridgehead atoms. The number of hydrogen-bond acceptors (Lipinski definition) is 8. The fourth-order valence-corrected chi connectivity index (χ4v) is 5.86. The van der Waals surface area contributed by atoms with Crippen molar-refractivity contribution < 1.29 is 43.6 Å². The van der Waals surface area contributed by atoms with Crippen LogP contribution in [0, 0.1) is 0 Å². The number of carbonyl (C=O) groups is 4. The van der Waals surface area contributed by atoms with Gasteiger partial charge in [-0.15, -0.1) is 0 Å². The van der Waals surface area contributed by atoms with Crippen LogP contribution in [0.3, 0.4) is 0 Å². The summed E-state index contributed by atoms with van der Waals surface area (Å²) in [5, 5.41) is 21.0. The molecule has 6 rings (SSSR count). The lowest BCUT2D eigenvalue weighted by atomic mass is 9.98. The Kier molecular flexibility index (Phi) is 14.6. The van der Waals surface area contributed by atoms with E-state index in [0.29, 0.717) is 13.2 Å². The highest BCUT2D eigenvalue weighted by atomic mass is 16.6. The summed E-state index contributed by atoms with van der Waals surface area (Å²) in [4.78, 5) is 45.2. The number of nitrogens with one attached hydrogen (secondary N) is 2. The second-order valence-corrected chi connectivity index (χ2v) is 11.7. The summed E-state index contributed by atoms with van der Waals surface area (Å²) >= 11 is 0. The van der Waals surface area contributed by atoms with Crippen LogP contribution in [0.2, 0.25) is 0 Å². The summed E-state index contributed by atoms with van der Waals surface area (Å²) in [6, 6.07) is 32.3. The molecular formula is C40H44N2O9. The number of rotatable bonds is 11. The Bertz CT molecular complexity index is 1700. The van der Waals surface area contributed by atoms with Crippen LogP contribution < -0.4 is 10.6 Å². The molecule has 11 nitrogen and oxygen atoms in total.